The number of carbonyl (C=O) groups excluding carboxylic acids is 1. The van der Waals surface area contributed by atoms with E-state index in [9.17, 15) is 4.79 Å². The first-order valence-corrected chi connectivity index (χ1v) is 9.30. The molecule has 28 heavy (non-hydrogen) atoms. The predicted octanol–water partition coefficient (Wildman–Crippen LogP) is 5.02. The van der Waals surface area contributed by atoms with Crippen LogP contribution in [-0.2, 0) is 6.61 Å². The third-order valence-corrected chi connectivity index (χ3v) is 4.79. The Bertz CT molecular complexity index is 967. The van der Waals surface area contributed by atoms with E-state index in [0.717, 1.165) is 22.6 Å². The van der Waals surface area contributed by atoms with Gasteiger partial charge < -0.3 is 15.0 Å². The van der Waals surface area contributed by atoms with E-state index in [1.54, 1.807) is 11.0 Å². The molecule has 1 unspecified atom stereocenters. The van der Waals surface area contributed by atoms with Gasteiger partial charge in [-0.05, 0) is 35.4 Å². The lowest BCUT2D eigenvalue weighted by molar-refractivity contribution is 0.0707. The van der Waals surface area contributed by atoms with Crippen LogP contribution < -0.4 is 10.1 Å². The molecule has 0 saturated carbocycles. The summed E-state index contributed by atoms with van der Waals surface area (Å²) in [6.07, 6.45) is 1.50. The van der Waals surface area contributed by atoms with Crippen molar-refractivity contribution in [1.29, 1.82) is 0 Å². The van der Waals surface area contributed by atoms with Crippen molar-refractivity contribution in [3.8, 4) is 5.75 Å². The molecule has 1 aliphatic heterocycles. The summed E-state index contributed by atoms with van der Waals surface area (Å²) in [5.41, 5.74) is 3.65. The quantitative estimate of drug-likeness (QED) is 0.620. The van der Waals surface area contributed by atoms with Crippen LogP contribution in [0.4, 0.5) is 5.69 Å². The first kappa shape index (κ1) is 17.9. The predicted molar refractivity (Wildman–Crippen MR) is 111 cm³/mol. The summed E-state index contributed by atoms with van der Waals surface area (Å²) in [5, 5.41) is 3.47. The number of hydrogen-bond acceptors (Lipinski definition) is 3. The molecule has 4 nitrogen and oxygen atoms in total. The number of nitrogens with zero attached hydrogens (tertiary/aromatic N) is 1. The van der Waals surface area contributed by atoms with Crippen LogP contribution in [0.2, 0.25) is 0 Å². The zero-order chi connectivity index (χ0) is 19.3. The Morgan fingerprint density at radius 1 is 0.964 bits per heavy atom. The molecule has 0 saturated heterocycles. The Labute approximate surface area is 165 Å². The summed E-state index contributed by atoms with van der Waals surface area (Å²) in [5.74, 6) is 0.800. The number of ether oxygens (including phenoxy) is 1. The highest BCUT2D eigenvalue weighted by atomic mass is 16.5. The molecule has 0 fully saturated rings. The lowest BCUT2D eigenvalue weighted by Crippen LogP contribution is -2.42. The Morgan fingerprint density at radius 2 is 1.68 bits per heavy atom. The minimum absolute atomic E-state index is 0.00338. The maximum absolute atomic E-state index is 12.9. The summed E-state index contributed by atoms with van der Waals surface area (Å²) in [4.78, 5) is 14.7. The Hall–Kier alpha value is -3.53. The van der Waals surface area contributed by atoms with E-state index in [2.05, 4.69) is 11.9 Å². The smallest absolute Gasteiger partial charge is 0.258 e. The van der Waals surface area contributed by atoms with Crippen molar-refractivity contribution < 1.29 is 9.53 Å². The molecular weight excluding hydrogens is 348 g/mol. The van der Waals surface area contributed by atoms with Crippen LogP contribution in [0.25, 0.3) is 0 Å². The van der Waals surface area contributed by atoms with Gasteiger partial charge in [0.2, 0.25) is 0 Å². The van der Waals surface area contributed by atoms with Gasteiger partial charge in [-0.1, -0.05) is 60.7 Å². The molecule has 3 aromatic rings. The lowest BCUT2D eigenvalue weighted by atomic mass is 10.0. The fourth-order valence-corrected chi connectivity index (χ4v) is 3.37. The molecule has 0 aromatic heterocycles. The molecule has 140 valence electrons. The summed E-state index contributed by atoms with van der Waals surface area (Å²) in [7, 11) is 0. The number of nitrogens with one attached hydrogen (secondary N) is 1. The second kappa shape index (κ2) is 8.01. The van der Waals surface area contributed by atoms with Gasteiger partial charge in [0, 0.05) is 12.2 Å². The van der Waals surface area contributed by atoms with Crippen LogP contribution in [0.3, 0.4) is 0 Å². The van der Waals surface area contributed by atoms with Crippen LogP contribution in [0.1, 0.15) is 27.7 Å². The molecule has 1 aliphatic rings. The number of anilines is 1. The van der Waals surface area contributed by atoms with Crippen molar-refractivity contribution in [2.24, 2.45) is 0 Å². The number of benzene rings is 3. The second-order valence-corrected chi connectivity index (χ2v) is 6.68. The number of para-hydroxylation sites is 1. The minimum Gasteiger partial charge on any atom is -0.489 e. The molecule has 3 aromatic carbocycles. The Morgan fingerprint density at radius 3 is 2.43 bits per heavy atom. The Kier molecular flexibility index (Phi) is 5.11. The van der Waals surface area contributed by atoms with Gasteiger partial charge in [-0.2, -0.15) is 0 Å². The van der Waals surface area contributed by atoms with E-state index in [1.165, 1.54) is 0 Å². The van der Waals surface area contributed by atoms with E-state index in [4.69, 9.17) is 4.74 Å². The first-order valence-electron chi connectivity index (χ1n) is 9.30. The fraction of sp³-hybridized carbons (Fsp3) is 0.125. The molecule has 4 heteroatoms. The normalized spacial score (nSPS) is 15.5. The zero-order valence-electron chi connectivity index (χ0n) is 15.5. The van der Waals surface area contributed by atoms with E-state index in [0.29, 0.717) is 18.7 Å². The van der Waals surface area contributed by atoms with Gasteiger partial charge in [0.25, 0.3) is 5.91 Å². The number of amides is 1. The summed E-state index contributed by atoms with van der Waals surface area (Å²) in [6.45, 7) is 4.79. The first-order chi connectivity index (χ1) is 13.8. The SMILES string of the molecule is C=CCN1C(=O)c2ccccc2NC1c1ccc(OCc2ccccc2)cc1. The van der Waals surface area contributed by atoms with Gasteiger partial charge >= 0.3 is 0 Å². The number of hydrogen-bond donors (Lipinski definition) is 1. The molecular formula is C24H22N2O2. The van der Waals surface area contributed by atoms with E-state index < -0.39 is 0 Å². The van der Waals surface area contributed by atoms with E-state index >= 15 is 0 Å². The van der Waals surface area contributed by atoms with Crippen LogP contribution in [-0.4, -0.2) is 17.4 Å². The highest BCUT2D eigenvalue weighted by Gasteiger charge is 2.31. The van der Waals surface area contributed by atoms with Crippen molar-refractivity contribution in [3.05, 3.63) is 108 Å². The maximum Gasteiger partial charge on any atom is 0.258 e. The summed E-state index contributed by atoms with van der Waals surface area (Å²) < 4.78 is 5.87. The van der Waals surface area contributed by atoms with E-state index in [1.807, 2.05) is 78.9 Å². The highest BCUT2D eigenvalue weighted by Crippen LogP contribution is 2.33. The van der Waals surface area contributed by atoms with Crippen LogP contribution in [0.5, 0.6) is 5.75 Å². The van der Waals surface area contributed by atoms with Crippen LogP contribution in [0.15, 0.2) is 91.5 Å². The standard InChI is InChI=1S/C24H22N2O2/c1-2-16-26-23(25-22-11-7-6-10-21(22)24(26)27)19-12-14-20(15-13-19)28-17-18-8-4-3-5-9-18/h2-15,23,25H,1,16-17H2. The molecule has 1 N–H and O–H groups in total. The highest BCUT2D eigenvalue weighted by molar-refractivity contribution is 6.01. The topological polar surface area (TPSA) is 41.6 Å². The van der Waals surface area contributed by atoms with Gasteiger partial charge in [-0.25, -0.2) is 0 Å². The van der Waals surface area contributed by atoms with Crippen molar-refractivity contribution in [3.63, 3.8) is 0 Å². The molecule has 4 rings (SSSR count). The number of fused-ring (bicyclic) bond motifs is 1. The third-order valence-electron chi connectivity index (χ3n) is 4.79. The molecule has 1 atom stereocenters. The van der Waals surface area contributed by atoms with Gasteiger partial charge in [0.1, 0.15) is 18.5 Å². The molecule has 0 aliphatic carbocycles. The third kappa shape index (κ3) is 3.62. The van der Waals surface area contributed by atoms with Crippen LogP contribution in [0, 0.1) is 0 Å². The minimum atomic E-state index is -0.247. The summed E-state index contributed by atoms with van der Waals surface area (Å²) in [6, 6.07) is 25.5. The van der Waals surface area contributed by atoms with Crippen molar-refractivity contribution in [1.82, 2.24) is 4.90 Å². The molecule has 0 radical (unpaired) electrons. The van der Waals surface area contributed by atoms with Gasteiger partial charge in [0.15, 0.2) is 0 Å². The molecule has 0 spiro atoms. The molecule has 0 bridgehead atoms. The average molecular weight is 370 g/mol. The average Bonchev–Trinajstić information content (AvgIpc) is 2.75. The number of rotatable bonds is 6. The fourth-order valence-electron chi connectivity index (χ4n) is 3.37. The molecule has 1 amide bonds. The van der Waals surface area contributed by atoms with Gasteiger partial charge in [-0.3, -0.25) is 4.79 Å². The largest absolute Gasteiger partial charge is 0.489 e. The van der Waals surface area contributed by atoms with Crippen LogP contribution >= 0.6 is 0 Å². The Balaban J connectivity index is 1.54. The lowest BCUT2D eigenvalue weighted by Gasteiger charge is -2.37. The van der Waals surface area contributed by atoms with E-state index in [-0.39, 0.29) is 12.1 Å². The van der Waals surface area contributed by atoms with Gasteiger partial charge in [0.05, 0.1) is 5.56 Å². The monoisotopic (exact) mass is 370 g/mol. The number of carbonyl (C=O) groups is 1. The zero-order valence-corrected chi connectivity index (χ0v) is 15.5. The maximum atomic E-state index is 12.9. The molecule has 1 heterocycles. The van der Waals surface area contributed by atoms with Gasteiger partial charge in [-0.15, -0.1) is 6.58 Å². The van der Waals surface area contributed by atoms with Crippen molar-refractivity contribution in [2.45, 2.75) is 12.8 Å². The second-order valence-electron chi connectivity index (χ2n) is 6.68. The summed E-state index contributed by atoms with van der Waals surface area (Å²) >= 11 is 0. The van der Waals surface area contributed by atoms with Crippen molar-refractivity contribution >= 4 is 11.6 Å². The van der Waals surface area contributed by atoms with Crippen molar-refractivity contribution in [2.75, 3.05) is 11.9 Å².